The van der Waals surface area contributed by atoms with Crippen LogP contribution in [0.15, 0.2) is 12.3 Å². The fourth-order valence-electron chi connectivity index (χ4n) is 0.616. The molecule has 0 aliphatic carbocycles. The van der Waals surface area contributed by atoms with Gasteiger partial charge in [-0.15, -0.1) is 0 Å². The Hall–Kier alpha value is -0.560. The van der Waals surface area contributed by atoms with Gasteiger partial charge in [0.15, 0.2) is 0 Å². The highest BCUT2D eigenvalue weighted by Gasteiger charge is 1.93. The third kappa shape index (κ3) is 1.42. The Balaban J connectivity index is 3.17. The van der Waals surface area contributed by atoms with E-state index in [4.69, 9.17) is 11.6 Å². The zero-order chi connectivity index (χ0) is 6.85. The van der Waals surface area contributed by atoms with E-state index in [1.807, 2.05) is 13.0 Å². The minimum Gasteiger partial charge on any atom is -0.244 e. The predicted molar refractivity (Wildman–Crippen MR) is 38.4 cm³/mol. The van der Waals surface area contributed by atoms with Crippen molar-refractivity contribution in [3.05, 3.63) is 35.5 Å². The topological polar surface area (TPSA) is 12.9 Å². The predicted octanol–water partition coefficient (Wildman–Crippen LogP) is 2.23. The second-order valence-corrected chi connectivity index (χ2v) is 2.31. The summed E-state index contributed by atoms with van der Waals surface area (Å²) in [5, 5.41) is 0.558. The normalized spacial score (nSPS) is 9.67. The monoisotopic (exact) mass is 140 g/mol. The molecule has 47 valence electrons. The van der Waals surface area contributed by atoms with Crippen LogP contribution in [-0.2, 0) is 0 Å². The summed E-state index contributed by atoms with van der Waals surface area (Å²) in [6, 6.07) is 1.90. The lowest BCUT2D eigenvalue weighted by atomic mass is 10.2. The van der Waals surface area contributed by atoms with Crippen LogP contribution < -0.4 is 0 Å². The van der Waals surface area contributed by atoms with E-state index < -0.39 is 0 Å². The summed E-state index contributed by atoms with van der Waals surface area (Å²) < 4.78 is 0. The van der Waals surface area contributed by atoms with Gasteiger partial charge in [0.05, 0.1) is 0 Å². The summed E-state index contributed by atoms with van der Waals surface area (Å²) >= 11 is 5.64. The molecule has 1 rings (SSSR count). The Morgan fingerprint density at radius 2 is 2.33 bits per heavy atom. The molecular weight excluding hydrogens is 134 g/mol. The third-order valence-corrected chi connectivity index (χ3v) is 1.47. The van der Waals surface area contributed by atoms with Gasteiger partial charge in [-0.1, -0.05) is 17.7 Å². The van der Waals surface area contributed by atoms with E-state index >= 15 is 0 Å². The molecule has 0 aliphatic heterocycles. The Labute approximate surface area is 59.7 Å². The van der Waals surface area contributed by atoms with E-state index in [9.17, 15) is 0 Å². The van der Waals surface area contributed by atoms with Crippen LogP contribution in [0.5, 0.6) is 0 Å². The van der Waals surface area contributed by atoms with Gasteiger partial charge in [-0.25, -0.2) is 4.98 Å². The van der Waals surface area contributed by atoms with Crippen molar-refractivity contribution in [3.63, 3.8) is 0 Å². The highest BCUT2D eigenvalue weighted by atomic mass is 35.5. The molecule has 2 heteroatoms. The van der Waals surface area contributed by atoms with Crippen molar-refractivity contribution in [1.82, 2.24) is 4.98 Å². The van der Waals surface area contributed by atoms with Crippen molar-refractivity contribution < 1.29 is 0 Å². The number of hydrogen-bond donors (Lipinski definition) is 0. The molecule has 0 bridgehead atoms. The molecule has 1 radical (unpaired) electrons. The van der Waals surface area contributed by atoms with Crippen LogP contribution in [0.25, 0.3) is 0 Å². The first kappa shape index (κ1) is 6.56. The quantitative estimate of drug-likeness (QED) is 0.504. The molecule has 1 nitrogen and oxygen atoms in total. The fraction of sp³-hybridized carbons (Fsp3) is 0.143. The van der Waals surface area contributed by atoms with Gasteiger partial charge in [0.2, 0.25) is 0 Å². The van der Waals surface area contributed by atoms with E-state index in [0.717, 1.165) is 11.1 Å². The second-order valence-electron chi connectivity index (χ2n) is 1.95. The van der Waals surface area contributed by atoms with Crippen molar-refractivity contribution in [2.75, 3.05) is 0 Å². The SMILES string of the molecule is [CH2]c1cnc(Cl)c(C)c1. The first-order valence-electron chi connectivity index (χ1n) is 2.64. The lowest BCUT2D eigenvalue weighted by Gasteiger charge is -1.95. The van der Waals surface area contributed by atoms with Gasteiger partial charge in [-0.3, -0.25) is 0 Å². The molecule has 1 aromatic rings. The zero-order valence-corrected chi connectivity index (χ0v) is 5.94. The van der Waals surface area contributed by atoms with Crippen LogP contribution in [0.3, 0.4) is 0 Å². The van der Waals surface area contributed by atoms with Gasteiger partial charge < -0.3 is 0 Å². The Morgan fingerprint density at radius 1 is 1.67 bits per heavy atom. The Bertz CT molecular complexity index is 220. The van der Waals surface area contributed by atoms with E-state index in [-0.39, 0.29) is 0 Å². The lowest BCUT2D eigenvalue weighted by Crippen LogP contribution is -1.81. The van der Waals surface area contributed by atoms with E-state index in [0.29, 0.717) is 5.15 Å². The van der Waals surface area contributed by atoms with Gasteiger partial charge >= 0.3 is 0 Å². The molecule has 0 amide bonds. The standard InChI is InChI=1S/C7H7ClN/c1-5-3-6(2)7(8)9-4-5/h3-4H,1H2,2H3. The first-order valence-corrected chi connectivity index (χ1v) is 3.02. The van der Waals surface area contributed by atoms with Crippen molar-refractivity contribution >= 4 is 11.6 Å². The van der Waals surface area contributed by atoms with Crippen LogP contribution in [0.1, 0.15) is 11.1 Å². The zero-order valence-electron chi connectivity index (χ0n) is 5.19. The molecule has 0 fully saturated rings. The molecule has 0 aliphatic rings. The van der Waals surface area contributed by atoms with Crippen molar-refractivity contribution in [1.29, 1.82) is 0 Å². The van der Waals surface area contributed by atoms with Gasteiger partial charge in [0, 0.05) is 6.20 Å². The molecule has 0 atom stereocenters. The number of hydrogen-bond acceptors (Lipinski definition) is 1. The summed E-state index contributed by atoms with van der Waals surface area (Å²) in [5.41, 5.74) is 1.88. The average molecular weight is 141 g/mol. The van der Waals surface area contributed by atoms with Crippen LogP contribution in [0.2, 0.25) is 5.15 Å². The summed E-state index contributed by atoms with van der Waals surface area (Å²) in [5.74, 6) is 0. The summed E-state index contributed by atoms with van der Waals surface area (Å²) in [7, 11) is 0. The molecule has 0 aromatic carbocycles. The molecule has 0 saturated heterocycles. The number of pyridine rings is 1. The van der Waals surface area contributed by atoms with Crippen LogP contribution in [0, 0.1) is 13.8 Å². The number of halogens is 1. The summed E-state index contributed by atoms with van der Waals surface area (Å²) in [6.07, 6.45) is 1.65. The largest absolute Gasteiger partial charge is 0.244 e. The van der Waals surface area contributed by atoms with Crippen molar-refractivity contribution in [2.24, 2.45) is 0 Å². The Kier molecular flexibility index (Phi) is 1.72. The number of aromatic nitrogens is 1. The smallest absolute Gasteiger partial charge is 0.131 e. The first-order chi connectivity index (χ1) is 4.20. The third-order valence-electron chi connectivity index (χ3n) is 1.07. The number of rotatable bonds is 0. The van der Waals surface area contributed by atoms with Crippen LogP contribution in [0.4, 0.5) is 0 Å². The summed E-state index contributed by atoms with van der Waals surface area (Å²) in [6.45, 7) is 5.61. The fourth-order valence-corrected chi connectivity index (χ4v) is 0.720. The van der Waals surface area contributed by atoms with E-state index in [2.05, 4.69) is 11.9 Å². The maximum absolute atomic E-state index is 5.64. The second kappa shape index (κ2) is 2.36. The van der Waals surface area contributed by atoms with Gasteiger partial charge in [-0.2, -0.15) is 0 Å². The number of nitrogens with zero attached hydrogens (tertiary/aromatic N) is 1. The maximum Gasteiger partial charge on any atom is 0.131 e. The molecule has 0 unspecified atom stereocenters. The Morgan fingerprint density at radius 3 is 2.78 bits per heavy atom. The molecule has 0 saturated carbocycles. The highest BCUT2D eigenvalue weighted by molar-refractivity contribution is 6.30. The average Bonchev–Trinajstić information content (AvgIpc) is 1.80. The molecule has 0 N–H and O–H groups in total. The van der Waals surface area contributed by atoms with E-state index in [1.54, 1.807) is 6.20 Å². The highest BCUT2D eigenvalue weighted by Crippen LogP contribution is 2.11. The van der Waals surface area contributed by atoms with E-state index in [1.165, 1.54) is 0 Å². The van der Waals surface area contributed by atoms with Gasteiger partial charge in [-0.05, 0) is 25.0 Å². The number of aryl methyl sites for hydroxylation is 1. The van der Waals surface area contributed by atoms with Gasteiger partial charge in [0.25, 0.3) is 0 Å². The lowest BCUT2D eigenvalue weighted by molar-refractivity contribution is 1.25. The van der Waals surface area contributed by atoms with Gasteiger partial charge in [0.1, 0.15) is 5.15 Å². The molecule has 0 spiro atoms. The van der Waals surface area contributed by atoms with Crippen LogP contribution >= 0.6 is 11.6 Å². The molecule has 1 heterocycles. The minimum absolute atomic E-state index is 0.558. The molecule has 9 heavy (non-hydrogen) atoms. The van der Waals surface area contributed by atoms with Crippen LogP contribution in [-0.4, -0.2) is 4.98 Å². The molecular formula is C7H7ClN. The molecule has 1 aromatic heterocycles. The minimum atomic E-state index is 0.558. The maximum atomic E-state index is 5.64. The van der Waals surface area contributed by atoms with Crippen molar-refractivity contribution in [3.8, 4) is 0 Å². The van der Waals surface area contributed by atoms with Crippen molar-refractivity contribution in [2.45, 2.75) is 6.92 Å². The summed E-state index contributed by atoms with van der Waals surface area (Å²) in [4.78, 5) is 3.88.